The number of aliphatic hydroxyl groups is 2. The van der Waals surface area contributed by atoms with E-state index in [1.54, 1.807) is 0 Å². The Labute approximate surface area is 190 Å². The van der Waals surface area contributed by atoms with E-state index in [1.807, 2.05) is 29.9 Å². The summed E-state index contributed by atoms with van der Waals surface area (Å²) in [4.78, 5) is 16.7. The van der Waals surface area contributed by atoms with Gasteiger partial charge in [-0.25, -0.2) is 0 Å². The number of aryl methyl sites for hydroxylation is 2. The first kappa shape index (κ1) is 20.2. The molecule has 3 aromatic carbocycles. The number of carbonyl (C=O) groups excluding carboxylic acids is 1. The van der Waals surface area contributed by atoms with E-state index in [9.17, 15) is 9.90 Å². The fourth-order valence-electron chi connectivity index (χ4n) is 5.46. The molecule has 33 heavy (non-hydrogen) atoms. The van der Waals surface area contributed by atoms with Gasteiger partial charge in [0.05, 0.1) is 23.2 Å². The van der Waals surface area contributed by atoms with E-state index in [0.29, 0.717) is 17.7 Å². The summed E-state index contributed by atoms with van der Waals surface area (Å²) in [6.45, 7) is 1.57. The van der Waals surface area contributed by atoms with Crippen LogP contribution in [0.3, 0.4) is 0 Å². The fourth-order valence-corrected chi connectivity index (χ4v) is 5.46. The van der Waals surface area contributed by atoms with Crippen molar-refractivity contribution in [2.75, 3.05) is 19.7 Å². The molecule has 0 saturated carbocycles. The molecule has 5 aromatic rings. The standard InChI is InChI=1S/C26H26N4O3/c1-30-12-9-15-7-8-17-19(24(15)30)21-20(25(32)29-26(21)33)18-16-6-2-4-14(22(16)28-23(17)18)5-3-10-27-11-13-31/h2,4,6-9,12,25,27-28,31-32H,3,5,10-11,13H2,1H3,(H,29,33). The molecule has 1 atom stereocenters. The number of hydrogen-bond acceptors (Lipinski definition) is 4. The Bertz CT molecular complexity index is 1560. The first-order valence-corrected chi connectivity index (χ1v) is 11.4. The molecule has 5 N–H and O–H groups in total. The molecule has 1 amide bonds. The number of para-hydroxylation sites is 1. The average Bonchev–Trinajstić information content (AvgIpc) is 3.47. The van der Waals surface area contributed by atoms with Crippen molar-refractivity contribution in [3.05, 3.63) is 59.3 Å². The van der Waals surface area contributed by atoms with Crippen LogP contribution in [0.2, 0.25) is 0 Å². The van der Waals surface area contributed by atoms with Crippen LogP contribution in [0.4, 0.5) is 0 Å². The Balaban J connectivity index is 1.66. The van der Waals surface area contributed by atoms with Crippen molar-refractivity contribution in [1.82, 2.24) is 20.2 Å². The van der Waals surface area contributed by atoms with Gasteiger partial charge in [-0.15, -0.1) is 0 Å². The zero-order valence-corrected chi connectivity index (χ0v) is 18.4. The third-order valence-corrected chi connectivity index (χ3v) is 6.87. The molecule has 3 heterocycles. The van der Waals surface area contributed by atoms with Crippen molar-refractivity contribution in [3.8, 4) is 0 Å². The molecule has 0 radical (unpaired) electrons. The second-order valence-electron chi connectivity index (χ2n) is 8.81. The van der Waals surface area contributed by atoms with Crippen LogP contribution in [0.15, 0.2) is 42.6 Å². The highest BCUT2D eigenvalue weighted by Crippen LogP contribution is 2.44. The lowest BCUT2D eigenvalue weighted by molar-refractivity contribution is 0.0852. The van der Waals surface area contributed by atoms with E-state index in [0.717, 1.165) is 62.9 Å². The number of amides is 1. The second-order valence-corrected chi connectivity index (χ2v) is 8.81. The third-order valence-electron chi connectivity index (χ3n) is 6.87. The summed E-state index contributed by atoms with van der Waals surface area (Å²) in [7, 11) is 1.98. The van der Waals surface area contributed by atoms with Crippen molar-refractivity contribution < 1.29 is 15.0 Å². The predicted octanol–water partition coefficient (Wildman–Crippen LogP) is 3.21. The van der Waals surface area contributed by atoms with E-state index >= 15 is 0 Å². The molecule has 7 heteroatoms. The number of fused-ring (bicyclic) bond motifs is 10. The van der Waals surface area contributed by atoms with E-state index in [4.69, 9.17) is 5.11 Å². The number of nitrogens with one attached hydrogen (secondary N) is 3. The summed E-state index contributed by atoms with van der Waals surface area (Å²) in [5.74, 6) is -0.237. The summed E-state index contributed by atoms with van der Waals surface area (Å²) in [6, 6.07) is 12.4. The number of nitrogens with zero attached hydrogens (tertiary/aromatic N) is 1. The highest BCUT2D eigenvalue weighted by atomic mass is 16.3. The zero-order valence-electron chi connectivity index (χ0n) is 18.4. The minimum atomic E-state index is -1.04. The zero-order chi connectivity index (χ0) is 22.7. The minimum absolute atomic E-state index is 0.138. The Morgan fingerprint density at radius 3 is 2.76 bits per heavy atom. The van der Waals surface area contributed by atoms with Crippen molar-refractivity contribution in [1.29, 1.82) is 0 Å². The van der Waals surface area contributed by atoms with Crippen molar-refractivity contribution in [2.24, 2.45) is 7.05 Å². The van der Waals surface area contributed by atoms with Gasteiger partial charge in [-0.1, -0.05) is 30.3 Å². The Morgan fingerprint density at radius 2 is 1.91 bits per heavy atom. The van der Waals surface area contributed by atoms with Crippen LogP contribution in [0.25, 0.3) is 43.5 Å². The maximum absolute atomic E-state index is 13.0. The number of benzene rings is 3. The molecule has 1 aliphatic heterocycles. The summed E-state index contributed by atoms with van der Waals surface area (Å²) in [5.41, 5.74) is 5.40. The van der Waals surface area contributed by atoms with Crippen LogP contribution in [0, 0.1) is 0 Å². The lowest BCUT2D eigenvalue weighted by Crippen LogP contribution is -2.19. The second kappa shape index (κ2) is 7.59. The maximum atomic E-state index is 13.0. The first-order valence-electron chi connectivity index (χ1n) is 11.4. The van der Waals surface area contributed by atoms with Crippen LogP contribution in [-0.2, 0) is 13.5 Å². The highest BCUT2D eigenvalue weighted by Gasteiger charge is 2.34. The quantitative estimate of drug-likeness (QED) is 0.261. The fraction of sp³-hybridized carbons (Fsp3) is 0.269. The smallest absolute Gasteiger partial charge is 0.254 e. The molecule has 1 aliphatic rings. The van der Waals surface area contributed by atoms with Gasteiger partial charge in [0.1, 0.15) is 0 Å². The molecule has 1 unspecified atom stereocenters. The molecule has 168 valence electrons. The number of aliphatic hydroxyl groups excluding tert-OH is 2. The van der Waals surface area contributed by atoms with Crippen LogP contribution in [0.5, 0.6) is 0 Å². The average molecular weight is 443 g/mol. The molecular formula is C26H26N4O3. The van der Waals surface area contributed by atoms with Crippen LogP contribution in [-0.4, -0.2) is 45.4 Å². The Kier molecular flexibility index (Phi) is 4.65. The van der Waals surface area contributed by atoms with Crippen molar-refractivity contribution in [2.45, 2.75) is 19.1 Å². The molecule has 2 aromatic heterocycles. The van der Waals surface area contributed by atoms with Gasteiger partial charge < -0.3 is 30.4 Å². The molecule has 0 spiro atoms. The van der Waals surface area contributed by atoms with Crippen LogP contribution in [0.1, 0.15) is 34.1 Å². The number of hydrogen-bond donors (Lipinski definition) is 5. The lowest BCUT2D eigenvalue weighted by atomic mass is 9.93. The summed E-state index contributed by atoms with van der Waals surface area (Å²) in [5, 5.41) is 30.7. The van der Waals surface area contributed by atoms with Gasteiger partial charge in [-0.3, -0.25) is 4.79 Å². The van der Waals surface area contributed by atoms with E-state index in [1.165, 1.54) is 5.56 Å². The monoisotopic (exact) mass is 442 g/mol. The van der Waals surface area contributed by atoms with E-state index < -0.39 is 6.23 Å². The van der Waals surface area contributed by atoms with Crippen molar-refractivity contribution >= 4 is 49.4 Å². The molecule has 6 rings (SSSR count). The first-order chi connectivity index (χ1) is 16.1. The molecule has 7 nitrogen and oxygen atoms in total. The topological polar surface area (TPSA) is 102 Å². The SMILES string of the molecule is Cn1ccc2ccc3c4[nH]c5c(CCCNCCO)cccc5c4c4c(c3c21)C(=O)NC4O. The number of aromatic amines is 1. The Hall–Kier alpha value is -3.39. The predicted molar refractivity (Wildman–Crippen MR) is 130 cm³/mol. The summed E-state index contributed by atoms with van der Waals surface area (Å²) in [6.07, 6.45) is 2.78. The van der Waals surface area contributed by atoms with Gasteiger partial charge in [0, 0.05) is 57.8 Å². The normalized spacial score (nSPS) is 15.8. The molecule has 0 saturated heterocycles. The molecule has 0 fully saturated rings. The van der Waals surface area contributed by atoms with Gasteiger partial charge in [0.15, 0.2) is 6.23 Å². The third kappa shape index (κ3) is 2.90. The van der Waals surface area contributed by atoms with Crippen LogP contribution < -0.4 is 10.6 Å². The molecule has 0 aliphatic carbocycles. The van der Waals surface area contributed by atoms with E-state index in [2.05, 4.69) is 39.9 Å². The van der Waals surface area contributed by atoms with Gasteiger partial charge >= 0.3 is 0 Å². The largest absolute Gasteiger partial charge is 0.395 e. The lowest BCUT2D eigenvalue weighted by Gasteiger charge is -2.11. The number of carbonyl (C=O) groups is 1. The molecular weight excluding hydrogens is 416 g/mol. The number of rotatable bonds is 6. The van der Waals surface area contributed by atoms with Crippen molar-refractivity contribution in [3.63, 3.8) is 0 Å². The maximum Gasteiger partial charge on any atom is 0.254 e. The van der Waals surface area contributed by atoms with Gasteiger partial charge in [-0.05, 0) is 31.0 Å². The highest BCUT2D eigenvalue weighted by molar-refractivity contribution is 6.30. The minimum Gasteiger partial charge on any atom is -0.395 e. The summed E-state index contributed by atoms with van der Waals surface area (Å²) >= 11 is 0. The van der Waals surface area contributed by atoms with E-state index in [-0.39, 0.29) is 12.5 Å². The summed E-state index contributed by atoms with van der Waals surface area (Å²) < 4.78 is 2.04. The van der Waals surface area contributed by atoms with Gasteiger partial charge in [0.25, 0.3) is 5.91 Å². The van der Waals surface area contributed by atoms with Crippen LogP contribution >= 0.6 is 0 Å². The van der Waals surface area contributed by atoms with Gasteiger partial charge in [-0.2, -0.15) is 0 Å². The van der Waals surface area contributed by atoms with Gasteiger partial charge in [0.2, 0.25) is 0 Å². The Morgan fingerprint density at radius 1 is 1.06 bits per heavy atom. The number of H-pyrrole nitrogens is 1. The molecule has 0 bridgehead atoms. The number of aromatic nitrogens is 2.